The van der Waals surface area contributed by atoms with E-state index in [1.165, 1.54) is 19.9 Å². The van der Waals surface area contributed by atoms with Crippen molar-refractivity contribution in [1.82, 2.24) is 10.6 Å². The molecule has 0 aromatic carbocycles. The van der Waals surface area contributed by atoms with Gasteiger partial charge in [-0.3, -0.25) is 0 Å². The van der Waals surface area contributed by atoms with Crippen molar-refractivity contribution in [3.05, 3.63) is 0 Å². The first-order valence-corrected chi connectivity index (χ1v) is 2.90. The molecule has 0 radical (unpaired) electrons. The molecular weight excluding hydrogens is 253 g/mol. The smallest absolute Gasteiger partial charge is 0.665 e. The van der Waals surface area contributed by atoms with Gasteiger partial charge in [-0.1, -0.05) is 13.4 Å². The third kappa shape index (κ3) is 165. The Hall–Kier alpha value is -0.486. The summed E-state index contributed by atoms with van der Waals surface area (Å²) in [6, 6.07) is 0. The van der Waals surface area contributed by atoms with Gasteiger partial charge < -0.3 is 30.1 Å². The molecule has 0 aromatic rings. The summed E-state index contributed by atoms with van der Waals surface area (Å²) in [7, 11) is 1.51. The fourth-order valence-corrected chi connectivity index (χ4v) is 0.0722. The van der Waals surface area contributed by atoms with Crippen LogP contribution in [0.2, 0.25) is 0 Å². The minimum Gasteiger partial charge on any atom is -0.665 e. The molecule has 0 saturated carbocycles. The minimum absolute atomic E-state index is 0. The topological polar surface area (TPSA) is 95.5 Å². The average molecular weight is 264 g/mol. The predicted molar refractivity (Wildman–Crippen MR) is 42.4 cm³/mol. The molecule has 0 fully saturated rings. The molecule has 6 nitrogen and oxygen atoms in total. The molecule has 0 bridgehead atoms. The van der Waals surface area contributed by atoms with Crippen LogP contribution in [-0.2, 0) is 47.1 Å². The van der Waals surface area contributed by atoms with Crippen molar-refractivity contribution in [3.8, 4) is 0 Å². The van der Waals surface area contributed by atoms with E-state index in [0.717, 1.165) is 0 Å². The van der Waals surface area contributed by atoms with Gasteiger partial charge in [-0.05, 0) is 13.6 Å². The molecule has 0 unspecified atom stereocenters. The fraction of sp³-hybridized carbons (Fsp3) is 0.500. The summed E-state index contributed by atoms with van der Waals surface area (Å²) in [6.45, 7) is 3.01. The maximum Gasteiger partial charge on any atom is 3.00 e. The summed E-state index contributed by atoms with van der Waals surface area (Å²) in [6.07, 6.45) is 2.95. The number of nitrogens with one attached hydrogen (secondary N) is 2. The van der Waals surface area contributed by atoms with E-state index >= 15 is 0 Å². The van der Waals surface area contributed by atoms with Crippen molar-refractivity contribution in [1.29, 1.82) is 0 Å². The molecule has 0 heterocycles. The molecule has 0 saturated heterocycles. The zero-order valence-corrected chi connectivity index (χ0v) is 10.3. The van der Waals surface area contributed by atoms with Crippen molar-refractivity contribution in [3.63, 3.8) is 0 Å². The van der Waals surface area contributed by atoms with Crippen LogP contribution in [0.3, 0.4) is 0 Å². The second kappa shape index (κ2) is 41.9. The number of amides is 2. The molecule has 0 aliphatic heterocycles. The summed E-state index contributed by atoms with van der Waals surface area (Å²) in [5, 5.41) is 11.2. The zero-order valence-electron chi connectivity index (χ0n) is 7.46. The quantitative estimate of drug-likeness (QED) is 0.429. The fourth-order valence-electron chi connectivity index (χ4n) is 0.0722. The van der Waals surface area contributed by atoms with Crippen LogP contribution in [-0.4, -0.2) is 38.0 Å². The molecule has 13 heavy (non-hydrogen) atoms. The monoisotopic (exact) mass is 264 g/mol. The second-order valence-corrected chi connectivity index (χ2v) is 1.08. The Bertz CT molecular complexity index is 103. The van der Waals surface area contributed by atoms with Gasteiger partial charge in [0.05, 0.1) is 0 Å². The molecular formula is C6H11N2O4Y. The van der Waals surface area contributed by atoms with E-state index in [0.29, 0.717) is 13.0 Å². The molecule has 0 aliphatic rings. The van der Waals surface area contributed by atoms with Crippen LogP contribution in [0.25, 0.3) is 0 Å². The predicted octanol–water partition coefficient (Wildman–Crippen LogP) is -1.45. The maximum absolute atomic E-state index is 9.17. The van der Waals surface area contributed by atoms with Gasteiger partial charge in [-0.25, -0.2) is 0 Å². The molecule has 0 aliphatic carbocycles. The molecule has 0 aromatic heterocycles. The first-order valence-electron chi connectivity index (χ1n) is 2.90. The Morgan fingerprint density at radius 3 is 1.54 bits per heavy atom. The van der Waals surface area contributed by atoms with Gasteiger partial charge in [0.1, 0.15) is 0 Å². The van der Waals surface area contributed by atoms with Gasteiger partial charge in [-0.15, -0.1) is 0 Å². The van der Waals surface area contributed by atoms with Gasteiger partial charge >= 0.3 is 32.7 Å². The largest absolute Gasteiger partial charge is 3.00 e. The summed E-state index contributed by atoms with van der Waals surface area (Å²) >= 11 is 0. The molecule has 0 spiro atoms. The van der Waals surface area contributed by atoms with Crippen molar-refractivity contribution >= 4 is 19.3 Å². The number of carbonyl (C=O) groups excluding carboxylic acids is 2. The number of rotatable bonds is 3. The first kappa shape index (κ1) is 22.9. The van der Waals surface area contributed by atoms with Crippen LogP contribution in [0.15, 0.2) is 0 Å². The zero-order chi connectivity index (χ0) is 10.2. The van der Waals surface area contributed by atoms with E-state index in [9.17, 15) is 0 Å². The molecule has 0 atom stereocenters. The van der Waals surface area contributed by atoms with Crippen LogP contribution in [0.5, 0.6) is 0 Å². The SMILES string of the molecule is CCN[C-]=O.CN[C-]=O.O=[C-]O.[Y+3]. The summed E-state index contributed by atoms with van der Waals surface area (Å²) in [4.78, 5) is 26.3. The van der Waals surface area contributed by atoms with Gasteiger partial charge in [0.25, 0.3) is 0 Å². The number of hydrogen-bond donors (Lipinski definition) is 3. The molecule has 72 valence electrons. The summed E-state index contributed by atoms with van der Waals surface area (Å²) in [5.41, 5.74) is 0. The van der Waals surface area contributed by atoms with Crippen molar-refractivity contribution < 1.29 is 52.2 Å². The first-order chi connectivity index (χ1) is 5.74. The Balaban J connectivity index is -0.0000000465. The van der Waals surface area contributed by atoms with Crippen LogP contribution in [0.1, 0.15) is 6.92 Å². The summed E-state index contributed by atoms with van der Waals surface area (Å²) in [5.74, 6) is 0. The van der Waals surface area contributed by atoms with Gasteiger partial charge in [0.2, 0.25) is 0 Å². The normalized spacial score (nSPS) is 5.08. The minimum atomic E-state index is 0. The van der Waals surface area contributed by atoms with Gasteiger partial charge in [0.15, 0.2) is 0 Å². The Morgan fingerprint density at radius 2 is 1.54 bits per heavy atom. The molecule has 7 heteroatoms. The Morgan fingerprint density at radius 1 is 1.23 bits per heavy atom. The van der Waals surface area contributed by atoms with Crippen LogP contribution in [0, 0.1) is 0 Å². The van der Waals surface area contributed by atoms with E-state index in [1.807, 2.05) is 6.92 Å². The second-order valence-electron chi connectivity index (χ2n) is 1.08. The Labute approximate surface area is 102 Å². The molecule has 3 N–H and O–H groups in total. The molecule has 2 amide bonds. The molecule has 0 rings (SSSR count). The third-order valence-electron chi connectivity index (χ3n) is 0.351. The van der Waals surface area contributed by atoms with E-state index in [4.69, 9.17) is 19.5 Å². The van der Waals surface area contributed by atoms with Crippen LogP contribution >= 0.6 is 0 Å². The van der Waals surface area contributed by atoms with Crippen LogP contribution in [0.4, 0.5) is 0 Å². The standard InChI is InChI=1S/C3H6NO.C2H4NO.CHO2.Y/c1-2-4-3-5;1-3-2-4;2-1-3;/h2H2,1H3,(H,4,5);1H3,(H,3,4);(H,2,3);/q3*-1;+3. The van der Waals surface area contributed by atoms with Crippen molar-refractivity contribution in [2.75, 3.05) is 13.6 Å². The van der Waals surface area contributed by atoms with E-state index < -0.39 is 0 Å². The van der Waals surface area contributed by atoms with E-state index in [1.54, 1.807) is 0 Å². The van der Waals surface area contributed by atoms with Gasteiger partial charge in [0, 0.05) is 0 Å². The number of aliphatic hydroxyl groups excluding tert-OH is 1. The maximum atomic E-state index is 9.17. The van der Waals surface area contributed by atoms with Crippen LogP contribution < -0.4 is 10.6 Å². The third-order valence-corrected chi connectivity index (χ3v) is 0.351. The van der Waals surface area contributed by atoms with E-state index in [2.05, 4.69) is 10.6 Å². The summed E-state index contributed by atoms with van der Waals surface area (Å²) < 4.78 is 0. The average Bonchev–Trinajstić information content (AvgIpc) is 2.08. The van der Waals surface area contributed by atoms with Crippen molar-refractivity contribution in [2.45, 2.75) is 6.92 Å². The van der Waals surface area contributed by atoms with Crippen molar-refractivity contribution in [2.24, 2.45) is 0 Å². The van der Waals surface area contributed by atoms with Gasteiger partial charge in [-0.2, -0.15) is 12.8 Å². The van der Waals surface area contributed by atoms with E-state index in [-0.39, 0.29) is 32.7 Å². The Kier molecular flexibility index (Phi) is 73.7. The number of hydrogen-bond acceptors (Lipinski definition) is 3.